The number of carbonyl (C=O) groups excluding carboxylic acids is 1. The molecule has 3 heteroatoms. The van der Waals surface area contributed by atoms with Crippen molar-refractivity contribution in [2.45, 2.75) is 92.6 Å². The Morgan fingerprint density at radius 3 is 1.56 bits per heavy atom. The van der Waals surface area contributed by atoms with Crippen LogP contribution in [0.25, 0.3) is 0 Å². The highest BCUT2D eigenvalue weighted by molar-refractivity contribution is 5.72. The maximum Gasteiger partial charge on any atom is 0.164 e. The minimum atomic E-state index is -0.505. The number of rotatable bonds is 12. The highest BCUT2D eigenvalue weighted by Gasteiger charge is 2.46. The van der Waals surface area contributed by atoms with Crippen LogP contribution in [0.15, 0.2) is 107 Å². The van der Waals surface area contributed by atoms with E-state index >= 15 is 0 Å². The van der Waals surface area contributed by atoms with E-state index in [1.165, 1.54) is 16.7 Å². The Hall–Kier alpha value is -2.75. The first-order valence-electron chi connectivity index (χ1n) is 12.7. The van der Waals surface area contributed by atoms with Crippen molar-refractivity contribution < 1.29 is 14.3 Å². The van der Waals surface area contributed by atoms with Crippen molar-refractivity contribution in [3.05, 3.63) is 107 Å². The zero-order valence-electron chi connectivity index (χ0n) is 23.8. The Kier molecular flexibility index (Phi) is 13.4. The third kappa shape index (κ3) is 13.4. The Morgan fingerprint density at radius 2 is 1.11 bits per heavy atom. The van der Waals surface area contributed by atoms with Crippen molar-refractivity contribution in [1.82, 2.24) is 0 Å². The van der Waals surface area contributed by atoms with E-state index in [1.54, 1.807) is 13.0 Å². The van der Waals surface area contributed by atoms with E-state index in [-0.39, 0.29) is 11.7 Å². The van der Waals surface area contributed by atoms with Gasteiger partial charge in [-0.25, -0.2) is 0 Å². The summed E-state index contributed by atoms with van der Waals surface area (Å²) in [5.74, 6) is -0.505. The van der Waals surface area contributed by atoms with Crippen LogP contribution in [-0.4, -0.2) is 23.8 Å². The van der Waals surface area contributed by atoms with Crippen LogP contribution >= 0.6 is 0 Å². The molecule has 0 bridgehead atoms. The monoisotopic (exact) mass is 490 g/mol. The first-order chi connectivity index (χ1) is 16.8. The molecule has 0 N–H and O–H groups in total. The van der Waals surface area contributed by atoms with E-state index in [2.05, 4.69) is 77.2 Å². The van der Waals surface area contributed by atoms with Gasteiger partial charge in [-0.3, -0.25) is 4.79 Å². The minimum absolute atomic E-state index is 0.107. The standard InChI is InChI=1S/C33H46O3/c1-26(15-10-11-16-27(2)20-14-22-30(5)25-34)17-12-18-28(3)19-13-21-29(4)23-24-31-32(6,7)36-33(8,9)35-31/h10-22,25,31H,23-24H2,1-9H3/b11-10+,17-12+,19-13+,20-14+,26-15+,27-16+,28-18+,29-21+,30-22+. The average molecular weight is 491 g/mol. The summed E-state index contributed by atoms with van der Waals surface area (Å²) in [5.41, 5.74) is 5.27. The summed E-state index contributed by atoms with van der Waals surface area (Å²) in [6, 6.07) is 0. The van der Waals surface area contributed by atoms with Gasteiger partial charge in [-0.2, -0.15) is 0 Å². The molecule has 0 saturated carbocycles. The molecule has 0 aromatic rings. The van der Waals surface area contributed by atoms with Crippen LogP contribution in [0.4, 0.5) is 0 Å². The fourth-order valence-corrected chi connectivity index (χ4v) is 3.74. The number of hydrogen-bond donors (Lipinski definition) is 0. The van der Waals surface area contributed by atoms with Gasteiger partial charge in [-0.05, 0) is 80.7 Å². The van der Waals surface area contributed by atoms with Crippen LogP contribution in [0.5, 0.6) is 0 Å². The average Bonchev–Trinajstić information content (AvgIpc) is 3.01. The molecule has 0 spiro atoms. The van der Waals surface area contributed by atoms with Gasteiger partial charge in [0.05, 0.1) is 11.7 Å². The van der Waals surface area contributed by atoms with Crippen LogP contribution in [0, 0.1) is 0 Å². The molecule has 1 aliphatic heterocycles. The van der Waals surface area contributed by atoms with Gasteiger partial charge in [0, 0.05) is 0 Å². The van der Waals surface area contributed by atoms with Crippen molar-refractivity contribution in [3.8, 4) is 0 Å². The summed E-state index contributed by atoms with van der Waals surface area (Å²) in [7, 11) is 0. The van der Waals surface area contributed by atoms with Gasteiger partial charge in [-0.15, -0.1) is 0 Å². The summed E-state index contributed by atoms with van der Waals surface area (Å²) in [4.78, 5) is 10.6. The van der Waals surface area contributed by atoms with E-state index in [4.69, 9.17) is 9.47 Å². The molecule has 1 aliphatic rings. The zero-order chi connectivity index (χ0) is 27.2. The van der Waals surface area contributed by atoms with Gasteiger partial charge >= 0.3 is 0 Å². The predicted molar refractivity (Wildman–Crippen MR) is 155 cm³/mol. The molecule has 36 heavy (non-hydrogen) atoms. The number of allylic oxidation sites excluding steroid dienone is 18. The van der Waals surface area contributed by atoms with Gasteiger partial charge in [0.25, 0.3) is 0 Å². The lowest BCUT2D eigenvalue weighted by atomic mass is 9.96. The lowest BCUT2D eigenvalue weighted by Crippen LogP contribution is -2.33. The first-order valence-corrected chi connectivity index (χ1v) is 12.7. The van der Waals surface area contributed by atoms with E-state index in [9.17, 15) is 4.79 Å². The number of ether oxygens (including phenoxy) is 2. The Labute approximate surface area is 220 Å². The summed E-state index contributed by atoms with van der Waals surface area (Å²) < 4.78 is 12.1. The Balaban J connectivity index is 2.52. The lowest BCUT2D eigenvalue weighted by Gasteiger charge is -2.23. The molecule has 1 saturated heterocycles. The summed E-state index contributed by atoms with van der Waals surface area (Å²) in [5, 5.41) is 0. The SMILES string of the molecule is C\C(C=O)=C/C=C/C(C)=C/C=C/C=C(C)/C=C/C=C(C)/C=C/C=C(\C)CCC1OC(C)(C)OC1(C)C. The largest absolute Gasteiger partial charge is 0.344 e. The molecule has 1 rings (SSSR count). The predicted octanol–water partition coefficient (Wildman–Crippen LogP) is 8.85. The van der Waals surface area contributed by atoms with Gasteiger partial charge in [0.2, 0.25) is 0 Å². The number of carbonyl (C=O) groups is 1. The highest BCUT2D eigenvalue weighted by Crippen LogP contribution is 2.38. The Bertz CT molecular complexity index is 1000. The molecular weight excluding hydrogens is 444 g/mol. The molecule has 0 aliphatic carbocycles. The summed E-state index contributed by atoms with van der Waals surface area (Å²) in [6.45, 7) is 18.3. The molecule has 3 nitrogen and oxygen atoms in total. The van der Waals surface area contributed by atoms with E-state index in [0.717, 1.165) is 24.7 Å². The Morgan fingerprint density at radius 1 is 0.667 bits per heavy atom. The molecule has 1 atom stereocenters. The number of hydrogen-bond acceptors (Lipinski definition) is 3. The van der Waals surface area contributed by atoms with Gasteiger partial charge in [0.15, 0.2) is 5.79 Å². The molecule has 0 amide bonds. The van der Waals surface area contributed by atoms with Gasteiger partial charge in [0.1, 0.15) is 6.29 Å². The molecule has 0 aromatic heterocycles. The molecule has 0 aromatic carbocycles. The molecule has 1 unspecified atom stereocenters. The second-order valence-electron chi connectivity index (χ2n) is 10.5. The third-order valence-electron chi connectivity index (χ3n) is 5.70. The zero-order valence-corrected chi connectivity index (χ0v) is 23.8. The van der Waals surface area contributed by atoms with Crippen molar-refractivity contribution in [2.24, 2.45) is 0 Å². The van der Waals surface area contributed by atoms with Crippen LogP contribution in [0.1, 0.15) is 75.2 Å². The van der Waals surface area contributed by atoms with Gasteiger partial charge in [-0.1, -0.05) is 101 Å². The van der Waals surface area contributed by atoms with Crippen LogP contribution in [0.3, 0.4) is 0 Å². The smallest absolute Gasteiger partial charge is 0.164 e. The first kappa shape index (κ1) is 31.3. The third-order valence-corrected chi connectivity index (χ3v) is 5.70. The summed E-state index contributed by atoms with van der Waals surface area (Å²) >= 11 is 0. The molecule has 1 fully saturated rings. The topological polar surface area (TPSA) is 35.5 Å². The second kappa shape index (κ2) is 15.4. The maximum atomic E-state index is 10.6. The normalized spacial score (nSPS) is 22.1. The fraction of sp³-hybridized carbons (Fsp3) is 0.424. The van der Waals surface area contributed by atoms with E-state index in [0.29, 0.717) is 5.57 Å². The van der Waals surface area contributed by atoms with Crippen molar-refractivity contribution >= 4 is 6.29 Å². The molecule has 196 valence electrons. The van der Waals surface area contributed by atoms with Crippen molar-refractivity contribution in [3.63, 3.8) is 0 Å². The van der Waals surface area contributed by atoms with Crippen LogP contribution < -0.4 is 0 Å². The van der Waals surface area contributed by atoms with Crippen LogP contribution in [-0.2, 0) is 14.3 Å². The number of aldehydes is 1. The second-order valence-corrected chi connectivity index (χ2v) is 10.5. The molecule has 1 heterocycles. The summed E-state index contributed by atoms with van der Waals surface area (Å²) in [6.07, 6.45) is 29.4. The maximum absolute atomic E-state index is 10.6. The van der Waals surface area contributed by atoms with Crippen molar-refractivity contribution in [2.75, 3.05) is 0 Å². The molecule has 0 radical (unpaired) electrons. The van der Waals surface area contributed by atoms with Gasteiger partial charge < -0.3 is 9.47 Å². The van der Waals surface area contributed by atoms with Crippen molar-refractivity contribution in [1.29, 1.82) is 0 Å². The quantitative estimate of drug-likeness (QED) is 0.156. The fourth-order valence-electron chi connectivity index (χ4n) is 3.74. The van der Waals surface area contributed by atoms with Crippen LogP contribution in [0.2, 0.25) is 0 Å². The minimum Gasteiger partial charge on any atom is -0.344 e. The van der Waals surface area contributed by atoms with E-state index < -0.39 is 5.79 Å². The highest BCUT2D eigenvalue weighted by atomic mass is 16.8. The lowest BCUT2D eigenvalue weighted by molar-refractivity contribution is -0.157. The van der Waals surface area contributed by atoms with E-state index in [1.807, 2.05) is 51.2 Å². The molecular formula is C33H46O3.